The smallest absolute Gasteiger partial charge is 0.215 e. The average Bonchev–Trinajstić information content (AvgIpc) is 3.13. The molecular weight excluding hydrogens is 393 g/mol. The largest absolute Gasteiger partial charge is 0.284 e. The molecule has 0 saturated heterocycles. The van der Waals surface area contributed by atoms with Crippen molar-refractivity contribution in [3.63, 3.8) is 0 Å². The Labute approximate surface area is 170 Å². The van der Waals surface area contributed by atoms with Gasteiger partial charge in [0.15, 0.2) is 0 Å². The van der Waals surface area contributed by atoms with Crippen molar-refractivity contribution in [2.75, 3.05) is 0 Å². The number of para-hydroxylation sites is 1. The molecular formula is C22H15ClFN3S. The summed E-state index contributed by atoms with van der Waals surface area (Å²) in [6.45, 7) is 0. The lowest BCUT2D eigenvalue weighted by Gasteiger charge is -2.09. The Kier molecular flexibility index (Phi) is 5.46. The van der Waals surface area contributed by atoms with Gasteiger partial charge in [0.25, 0.3) is 0 Å². The van der Waals surface area contributed by atoms with Gasteiger partial charge in [-0.2, -0.15) is 5.10 Å². The van der Waals surface area contributed by atoms with Gasteiger partial charge in [-0.3, -0.25) is 4.57 Å². The molecule has 28 heavy (non-hydrogen) atoms. The van der Waals surface area contributed by atoms with Gasteiger partial charge in [-0.15, -0.1) is 16.4 Å². The third-order valence-electron chi connectivity index (χ3n) is 4.06. The Morgan fingerprint density at radius 2 is 1.71 bits per heavy atom. The first-order valence-electron chi connectivity index (χ1n) is 8.55. The van der Waals surface area contributed by atoms with E-state index in [0.717, 1.165) is 16.9 Å². The van der Waals surface area contributed by atoms with Crippen LogP contribution in [0.2, 0.25) is 5.02 Å². The lowest BCUT2D eigenvalue weighted by atomic mass is 10.1. The molecule has 0 amide bonds. The van der Waals surface area contributed by atoms with Crippen LogP contribution in [0.4, 0.5) is 4.39 Å². The predicted molar refractivity (Wildman–Crippen MR) is 114 cm³/mol. The number of hydrogen-bond donors (Lipinski definition) is 0. The minimum Gasteiger partial charge on any atom is -0.284 e. The molecule has 0 saturated carbocycles. The molecule has 0 unspecified atom stereocenters. The maximum absolute atomic E-state index is 13.3. The van der Waals surface area contributed by atoms with E-state index in [1.165, 1.54) is 23.5 Å². The van der Waals surface area contributed by atoms with Crippen molar-refractivity contribution in [1.82, 2.24) is 4.57 Å². The molecule has 1 aromatic heterocycles. The summed E-state index contributed by atoms with van der Waals surface area (Å²) in [6, 6.07) is 23.9. The summed E-state index contributed by atoms with van der Waals surface area (Å²) in [5.41, 5.74) is 3.66. The van der Waals surface area contributed by atoms with E-state index in [2.05, 4.69) is 10.2 Å². The topological polar surface area (TPSA) is 29.6 Å². The Balaban J connectivity index is 1.80. The maximum atomic E-state index is 13.3. The molecule has 0 bridgehead atoms. The van der Waals surface area contributed by atoms with Crippen molar-refractivity contribution in [1.29, 1.82) is 0 Å². The first-order chi connectivity index (χ1) is 13.7. The third kappa shape index (κ3) is 4.11. The van der Waals surface area contributed by atoms with Crippen LogP contribution in [0, 0.1) is 5.82 Å². The van der Waals surface area contributed by atoms with E-state index in [-0.39, 0.29) is 5.82 Å². The van der Waals surface area contributed by atoms with Gasteiger partial charge in [0.05, 0.1) is 11.9 Å². The summed E-state index contributed by atoms with van der Waals surface area (Å²) >= 11 is 7.51. The standard InChI is InChI=1S/C22H15ClFN3S/c23-18-11-9-17(10-12-18)21-15-28-22(27(21)20-7-2-1-3-8-20)26-25-14-16-5-4-6-19(24)13-16/h1-15H/b25-14-,26-22-. The van der Waals surface area contributed by atoms with E-state index in [1.54, 1.807) is 18.3 Å². The maximum Gasteiger partial charge on any atom is 0.215 e. The summed E-state index contributed by atoms with van der Waals surface area (Å²) in [6.07, 6.45) is 1.54. The van der Waals surface area contributed by atoms with Crippen molar-refractivity contribution in [3.8, 4) is 16.9 Å². The molecule has 0 aliphatic heterocycles. The normalized spacial score (nSPS) is 12.0. The third-order valence-corrected chi connectivity index (χ3v) is 5.13. The zero-order valence-corrected chi connectivity index (χ0v) is 16.2. The van der Waals surface area contributed by atoms with E-state index >= 15 is 0 Å². The Hall–Kier alpha value is -3.02. The lowest BCUT2D eigenvalue weighted by Crippen LogP contribution is -2.13. The molecule has 1 heterocycles. The van der Waals surface area contributed by atoms with Crippen molar-refractivity contribution >= 4 is 29.2 Å². The highest BCUT2D eigenvalue weighted by atomic mass is 35.5. The molecule has 3 aromatic carbocycles. The molecule has 0 spiro atoms. The van der Waals surface area contributed by atoms with Crippen molar-refractivity contribution in [2.45, 2.75) is 0 Å². The quantitative estimate of drug-likeness (QED) is 0.296. The van der Waals surface area contributed by atoms with Gasteiger partial charge in [0, 0.05) is 16.1 Å². The number of halogens is 2. The predicted octanol–water partition coefficient (Wildman–Crippen LogP) is 5.93. The fourth-order valence-corrected chi connectivity index (χ4v) is 3.75. The molecule has 0 aliphatic rings. The molecule has 0 fully saturated rings. The molecule has 3 nitrogen and oxygen atoms in total. The SMILES string of the molecule is Fc1cccc(/C=N\N=c2/scc(-c3ccc(Cl)cc3)n2-c2ccccc2)c1. The van der Waals surface area contributed by atoms with Crippen LogP contribution in [0.15, 0.2) is 94.4 Å². The molecule has 4 aromatic rings. The van der Waals surface area contributed by atoms with Gasteiger partial charge in [0.2, 0.25) is 4.80 Å². The molecule has 0 aliphatic carbocycles. The number of benzene rings is 3. The van der Waals surface area contributed by atoms with E-state index in [0.29, 0.717) is 15.4 Å². The zero-order chi connectivity index (χ0) is 19.3. The van der Waals surface area contributed by atoms with Crippen molar-refractivity contribution in [2.24, 2.45) is 10.2 Å². The Bertz CT molecular complexity index is 1180. The van der Waals surface area contributed by atoms with Crippen LogP contribution in [-0.4, -0.2) is 10.8 Å². The number of rotatable bonds is 4. The highest BCUT2D eigenvalue weighted by molar-refractivity contribution is 7.07. The van der Waals surface area contributed by atoms with Crippen molar-refractivity contribution < 1.29 is 4.39 Å². The first-order valence-corrected chi connectivity index (χ1v) is 9.81. The van der Waals surface area contributed by atoms with E-state index < -0.39 is 0 Å². The van der Waals surface area contributed by atoms with Crippen molar-refractivity contribution in [3.05, 3.63) is 105 Å². The molecule has 0 radical (unpaired) electrons. The molecule has 6 heteroatoms. The highest BCUT2D eigenvalue weighted by Gasteiger charge is 2.10. The zero-order valence-electron chi connectivity index (χ0n) is 14.7. The Morgan fingerprint density at radius 3 is 2.46 bits per heavy atom. The summed E-state index contributed by atoms with van der Waals surface area (Å²) in [5, 5.41) is 11.3. The summed E-state index contributed by atoms with van der Waals surface area (Å²) in [4.78, 5) is 0.712. The lowest BCUT2D eigenvalue weighted by molar-refractivity contribution is 0.627. The fourth-order valence-electron chi connectivity index (χ4n) is 2.76. The molecule has 138 valence electrons. The molecule has 0 N–H and O–H groups in total. The van der Waals surface area contributed by atoms with Gasteiger partial charge in [-0.1, -0.05) is 54.1 Å². The first kappa shape index (κ1) is 18.3. The van der Waals surface area contributed by atoms with Crippen LogP contribution < -0.4 is 4.80 Å². The second kappa shape index (κ2) is 8.33. The number of aromatic nitrogens is 1. The fraction of sp³-hybridized carbons (Fsp3) is 0. The number of hydrogen-bond acceptors (Lipinski definition) is 3. The second-order valence-electron chi connectivity index (χ2n) is 5.98. The van der Waals surface area contributed by atoms with Crippen LogP contribution in [-0.2, 0) is 0 Å². The van der Waals surface area contributed by atoms with Gasteiger partial charge >= 0.3 is 0 Å². The van der Waals surface area contributed by atoms with Gasteiger partial charge in [-0.05, 0) is 47.5 Å². The summed E-state index contributed by atoms with van der Waals surface area (Å²) in [5.74, 6) is -0.301. The van der Waals surface area contributed by atoms with Gasteiger partial charge in [0.1, 0.15) is 5.82 Å². The number of nitrogens with zero attached hydrogens (tertiary/aromatic N) is 3. The minimum absolute atomic E-state index is 0.301. The van der Waals surface area contributed by atoms with Crippen LogP contribution >= 0.6 is 22.9 Å². The van der Waals surface area contributed by atoms with Crippen LogP contribution in [0.5, 0.6) is 0 Å². The van der Waals surface area contributed by atoms with Crippen LogP contribution in [0.25, 0.3) is 16.9 Å². The van der Waals surface area contributed by atoms with Crippen LogP contribution in [0.3, 0.4) is 0 Å². The monoisotopic (exact) mass is 407 g/mol. The second-order valence-corrected chi connectivity index (χ2v) is 7.25. The average molecular weight is 408 g/mol. The van der Waals surface area contributed by atoms with E-state index in [1.807, 2.05) is 64.5 Å². The molecule has 0 atom stereocenters. The minimum atomic E-state index is -0.301. The van der Waals surface area contributed by atoms with E-state index in [4.69, 9.17) is 11.6 Å². The van der Waals surface area contributed by atoms with E-state index in [9.17, 15) is 4.39 Å². The Morgan fingerprint density at radius 1 is 0.929 bits per heavy atom. The van der Waals surface area contributed by atoms with Crippen LogP contribution in [0.1, 0.15) is 5.56 Å². The summed E-state index contributed by atoms with van der Waals surface area (Å²) < 4.78 is 15.4. The highest BCUT2D eigenvalue weighted by Crippen LogP contribution is 2.24. The van der Waals surface area contributed by atoms with Gasteiger partial charge < -0.3 is 0 Å². The number of thiazole rings is 1. The summed E-state index contributed by atoms with van der Waals surface area (Å²) in [7, 11) is 0. The molecule has 4 rings (SSSR count). The van der Waals surface area contributed by atoms with Gasteiger partial charge in [-0.25, -0.2) is 4.39 Å².